The molecule has 6 heteroatoms. The number of hydrogen-bond donors (Lipinski definition) is 1. The lowest BCUT2D eigenvalue weighted by molar-refractivity contribution is -0.139. The summed E-state index contributed by atoms with van der Waals surface area (Å²) in [5.74, 6) is 0.554. The van der Waals surface area contributed by atoms with Gasteiger partial charge in [-0.15, -0.1) is 0 Å². The second kappa shape index (κ2) is 5.48. The van der Waals surface area contributed by atoms with Gasteiger partial charge < -0.3 is 10.6 Å². The molecule has 1 aliphatic heterocycles. The van der Waals surface area contributed by atoms with Crippen LogP contribution >= 0.6 is 0 Å². The predicted molar refractivity (Wildman–Crippen MR) is 67.7 cm³/mol. The summed E-state index contributed by atoms with van der Waals surface area (Å²) in [6.07, 6.45) is 5.22. The van der Waals surface area contributed by atoms with Crippen molar-refractivity contribution in [2.75, 3.05) is 13.1 Å². The van der Waals surface area contributed by atoms with E-state index in [2.05, 4.69) is 17.0 Å². The maximum absolute atomic E-state index is 12.5. The standard InChI is InChI=1S/C12H21N5O/c1-9-4-3-5-16(11(9)6-13)12(18)10(2)17-8-14-7-15-17/h7-11H,3-6,13H2,1-2H3. The highest BCUT2D eigenvalue weighted by atomic mass is 16.2. The molecule has 2 rings (SSSR count). The minimum Gasteiger partial charge on any atom is -0.336 e. The second-order valence-corrected chi connectivity index (χ2v) is 5.01. The fraction of sp³-hybridized carbons (Fsp3) is 0.750. The molecule has 0 saturated carbocycles. The number of carbonyl (C=O) groups is 1. The van der Waals surface area contributed by atoms with Gasteiger partial charge in [0.05, 0.1) is 0 Å². The maximum atomic E-state index is 12.5. The molecule has 100 valence electrons. The van der Waals surface area contributed by atoms with E-state index in [1.807, 2.05) is 11.8 Å². The van der Waals surface area contributed by atoms with Crippen molar-refractivity contribution in [2.45, 2.75) is 38.8 Å². The van der Waals surface area contributed by atoms with Crippen molar-refractivity contribution in [3.8, 4) is 0 Å². The first-order chi connectivity index (χ1) is 8.65. The third kappa shape index (κ3) is 2.38. The van der Waals surface area contributed by atoms with Gasteiger partial charge >= 0.3 is 0 Å². The summed E-state index contributed by atoms with van der Waals surface area (Å²) in [5.41, 5.74) is 5.81. The molecule has 3 atom stereocenters. The van der Waals surface area contributed by atoms with Crippen LogP contribution in [-0.4, -0.2) is 44.7 Å². The number of piperidine rings is 1. The molecule has 18 heavy (non-hydrogen) atoms. The zero-order valence-corrected chi connectivity index (χ0v) is 11.0. The first-order valence-electron chi connectivity index (χ1n) is 6.49. The van der Waals surface area contributed by atoms with Crippen molar-refractivity contribution >= 4 is 5.91 Å². The van der Waals surface area contributed by atoms with E-state index in [0.29, 0.717) is 12.5 Å². The molecule has 2 N–H and O–H groups in total. The molecular formula is C12H21N5O. The van der Waals surface area contributed by atoms with Crippen LogP contribution in [0.1, 0.15) is 32.7 Å². The highest BCUT2D eigenvalue weighted by Gasteiger charge is 2.33. The summed E-state index contributed by atoms with van der Waals surface area (Å²) in [4.78, 5) is 18.3. The number of rotatable bonds is 3. The molecule has 1 aliphatic rings. The topological polar surface area (TPSA) is 77.0 Å². The van der Waals surface area contributed by atoms with E-state index in [1.54, 1.807) is 11.0 Å². The molecule has 1 amide bonds. The monoisotopic (exact) mass is 251 g/mol. The van der Waals surface area contributed by atoms with Crippen LogP contribution in [0, 0.1) is 5.92 Å². The quantitative estimate of drug-likeness (QED) is 0.845. The Morgan fingerprint density at radius 3 is 3.00 bits per heavy atom. The lowest BCUT2D eigenvalue weighted by Crippen LogP contribution is -2.53. The van der Waals surface area contributed by atoms with Crippen LogP contribution in [0.25, 0.3) is 0 Å². The Kier molecular flexibility index (Phi) is 3.96. The average molecular weight is 251 g/mol. The highest BCUT2D eigenvalue weighted by Crippen LogP contribution is 2.24. The summed E-state index contributed by atoms with van der Waals surface area (Å²) in [6.45, 7) is 5.34. The van der Waals surface area contributed by atoms with Gasteiger partial charge in [-0.25, -0.2) is 9.67 Å². The van der Waals surface area contributed by atoms with Gasteiger partial charge in [0.25, 0.3) is 0 Å². The molecule has 1 saturated heterocycles. The Labute approximate surface area is 107 Å². The number of amides is 1. The number of aromatic nitrogens is 3. The van der Waals surface area contributed by atoms with Crippen LogP contribution in [0.3, 0.4) is 0 Å². The molecule has 1 aromatic heterocycles. The van der Waals surface area contributed by atoms with Crippen LogP contribution < -0.4 is 5.73 Å². The first-order valence-corrected chi connectivity index (χ1v) is 6.49. The van der Waals surface area contributed by atoms with Crippen LogP contribution in [0.5, 0.6) is 0 Å². The van der Waals surface area contributed by atoms with Crippen molar-refractivity contribution in [1.29, 1.82) is 0 Å². The van der Waals surface area contributed by atoms with E-state index < -0.39 is 0 Å². The molecule has 0 aromatic carbocycles. The number of nitrogens with zero attached hydrogens (tertiary/aromatic N) is 4. The Hall–Kier alpha value is -1.43. The average Bonchev–Trinajstić information content (AvgIpc) is 2.90. The third-order valence-corrected chi connectivity index (χ3v) is 3.83. The molecule has 3 unspecified atom stereocenters. The molecule has 1 fully saturated rings. The summed E-state index contributed by atoms with van der Waals surface area (Å²) in [5, 5.41) is 4.03. The molecule has 6 nitrogen and oxygen atoms in total. The minimum atomic E-state index is -0.313. The lowest BCUT2D eigenvalue weighted by atomic mass is 9.90. The van der Waals surface area contributed by atoms with Crippen LogP contribution in [0.4, 0.5) is 0 Å². The van der Waals surface area contributed by atoms with Gasteiger partial charge in [0.2, 0.25) is 5.91 Å². The van der Waals surface area contributed by atoms with Gasteiger partial charge in [0.15, 0.2) is 0 Å². The maximum Gasteiger partial charge on any atom is 0.247 e. The summed E-state index contributed by atoms with van der Waals surface area (Å²) in [7, 11) is 0. The normalized spacial score (nSPS) is 26.1. The molecule has 0 aliphatic carbocycles. The summed E-state index contributed by atoms with van der Waals surface area (Å²) >= 11 is 0. The smallest absolute Gasteiger partial charge is 0.247 e. The lowest BCUT2D eigenvalue weighted by Gasteiger charge is -2.40. The van der Waals surface area contributed by atoms with Crippen molar-refractivity contribution in [1.82, 2.24) is 19.7 Å². The van der Waals surface area contributed by atoms with E-state index in [1.165, 1.54) is 6.33 Å². The third-order valence-electron chi connectivity index (χ3n) is 3.83. The van der Waals surface area contributed by atoms with Crippen LogP contribution in [0.15, 0.2) is 12.7 Å². The van der Waals surface area contributed by atoms with E-state index >= 15 is 0 Å². The molecule has 0 spiro atoms. The Morgan fingerprint density at radius 2 is 2.39 bits per heavy atom. The number of likely N-dealkylation sites (tertiary alicyclic amines) is 1. The largest absolute Gasteiger partial charge is 0.336 e. The van der Waals surface area contributed by atoms with E-state index in [9.17, 15) is 4.79 Å². The van der Waals surface area contributed by atoms with Crippen LogP contribution in [-0.2, 0) is 4.79 Å². The molecule has 2 heterocycles. The van der Waals surface area contributed by atoms with Gasteiger partial charge in [-0.3, -0.25) is 4.79 Å². The molecule has 0 radical (unpaired) electrons. The van der Waals surface area contributed by atoms with E-state index in [4.69, 9.17) is 5.73 Å². The van der Waals surface area contributed by atoms with E-state index in [-0.39, 0.29) is 18.0 Å². The Balaban J connectivity index is 2.12. The van der Waals surface area contributed by atoms with E-state index in [0.717, 1.165) is 19.4 Å². The number of hydrogen-bond acceptors (Lipinski definition) is 4. The molecule has 1 aromatic rings. The van der Waals surface area contributed by atoms with Crippen molar-refractivity contribution in [3.05, 3.63) is 12.7 Å². The number of carbonyl (C=O) groups excluding carboxylic acids is 1. The fourth-order valence-electron chi connectivity index (χ4n) is 2.65. The zero-order chi connectivity index (χ0) is 13.1. The van der Waals surface area contributed by atoms with Crippen molar-refractivity contribution in [2.24, 2.45) is 11.7 Å². The van der Waals surface area contributed by atoms with Crippen LogP contribution in [0.2, 0.25) is 0 Å². The zero-order valence-electron chi connectivity index (χ0n) is 11.0. The SMILES string of the molecule is CC1CCCN(C(=O)C(C)n2cncn2)C1CN. The highest BCUT2D eigenvalue weighted by molar-refractivity contribution is 5.80. The molecule has 0 bridgehead atoms. The first kappa shape index (κ1) is 13.0. The van der Waals surface area contributed by atoms with Gasteiger partial charge in [0.1, 0.15) is 18.7 Å². The molecular weight excluding hydrogens is 230 g/mol. The van der Waals surface area contributed by atoms with Gasteiger partial charge in [-0.2, -0.15) is 5.10 Å². The van der Waals surface area contributed by atoms with Crippen molar-refractivity contribution in [3.63, 3.8) is 0 Å². The Bertz CT molecular complexity index is 391. The number of nitrogens with two attached hydrogens (primary N) is 1. The summed E-state index contributed by atoms with van der Waals surface area (Å²) in [6, 6.07) is -0.163. The van der Waals surface area contributed by atoms with Gasteiger partial charge in [-0.1, -0.05) is 6.92 Å². The summed E-state index contributed by atoms with van der Waals surface area (Å²) < 4.78 is 1.59. The van der Waals surface area contributed by atoms with Crippen molar-refractivity contribution < 1.29 is 4.79 Å². The van der Waals surface area contributed by atoms with Gasteiger partial charge in [0, 0.05) is 19.1 Å². The Morgan fingerprint density at radius 1 is 1.61 bits per heavy atom. The van der Waals surface area contributed by atoms with Gasteiger partial charge in [-0.05, 0) is 25.7 Å². The fourth-order valence-corrected chi connectivity index (χ4v) is 2.65. The minimum absolute atomic E-state index is 0.0856. The second-order valence-electron chi connectivity index (χ2n) is 5.01. The predicted octanol–water partition coefficient (Wildman–Crippen LogP) is 0.425.